The Kier molecular flexibility index (Phi) is 4.84. The Morgan fingerprint density at radius 1 is 1.12 bits per heavy atom. The van der Waals surface area contributed by atoms with E-state index in [9.17, 15) is 4.79 Å². The van der Waals surface area contributed by atoms with Gasteiger partial charge >= 0.3 is 0 Å². The second-order valence-electron chi connectivity index (χ2n) is 5.70. The average molecular weight is 238 g/mol. The van der Waals surface area contributed by atoms with Crippen molar-refractivity contribution < 1.29 is 4.79 Å². The molecular weight excluding hydrogens is 212 g/mol. The van der Waals surface area contributed by atoms with Crippen LogP contribution in [-0.4, -0.2) is 24.5 Å². The van der Waals surface area contributed by atoms with Crippen molar-refractivity contribution in [3.05, 3.63) is 0 Å². The molecule has 2 unspecified atom stereocenters. The Morgan fingerprint density at radius 3 is 2.47 bits per heavy atom. The summed E-state index contributed by atoms with van der Waals surface area (Å²) in [5, 5.41) is 6.53. The molecule has 2 aliphatic rings. The molecule has 2 atom stereocenters. The number of carbonyl (C=O) groups excluding carboxylic acids is 1. The molecular formula is C14H26N2O. The number of carbonyl (C=O) groups is 1. The van der Waals surface area contributed by atoms with Crippen molar-refractivity contribution in [3.63, 3.8) is 0 Å². The van der Waals surface area contributed by atoms with E-state index in [1.54, 1.807) is 0 Å². The topological polar surface area (TPSA) is 41.1 Å². The zero-order valence-corrected chi connectivity index (χ0v) is 11.0. The van der Waals surface area contributed by atoms with Gasteiger partial charge in [-0.1, -0.05) is 25.7 Å². The smallest absolute Gasteiger partial charge is 0.237 e. The van der Waals surface area contributed by atoms with Gasteiger partial charge in [-0.2, -0.15) is 0 Å². The quantitative estimate of drug-likeness (QED) is 0.791. The molecule has 2 rings (SSSR count). The van der Waals surface area contributed by atoms with Crippen molar-refractivity contribution in [3.8, 4) is 0 Å². The first-order valence-electron chi connectivity index (χ1n) is 7.31. The SMILES string of the molecule is CC(NC(=O)C1CCCCN1)C1CCCCC1. The molecule has 3 heteroatoms. The second-order valence-corrected chi connectivity index (χ2v) is 5.70. The fourth-order valence-electron chi connectivity index (χ4n) is 3.15. The molecule has 0 spiro atoms. The number of amides is 1. The predicted octanol–water partition coefficient (Wildman–Crippen LogP) is 2.21. The van der Waals surface area contributed by atoms with Gasteiger partial charge in [-0.25, -0.2) is 0 Å². The van der Waals surface area contributed by atoms with Crippen LogP contribution in [0.5, 0.6) is 0 Å². The molecule has 1 saturated heterocycles. The third-order valence-corrected chi connectivity index (χ3v) is 4.35. The number of hydrogen-bond donors (Lipinski definition) is 2. The van der Waals surface area contributed by atoms with Crippen LogP contribution >= 0.6 is 0 Å². The van der Waals surface area contributed by atoms with E-state index < -0.39 is 0 Å². The molecule has 98 valence electrons. The molecule has 2 fully saturated rings. The van der Waals surface area contributed by atoms with Gasteiger partial charge in [0.25, 0.3) is 0 Å². The van der Waals surface area contributed by atoms with Gasteiger partial charge in [-0.05, 0) is 45.1 Å². The van der Waals surface area contributed by atoms with Crippen LogP contribution in [0.25, 0.3) is 0 Å². The molecule has 0 bridgehead atoms. The predicted molar refractivity (Wildman–Crippen MR) is 69.8 cm³/mol. The minimum atomic E-state index is 0.0646. The normalized spacial score (nSPS) is 28.6. The monoisotopic (exact) mass is 238 g/mol. The number of piperidine rings is 1. The Balaban J connectivity index is 1.76. The maximum absolute atomic E-state index is 12.1. The minimum Gasteiger partial charge on any atom is -0.352 e. The molecule has 0 aromatic rings. The molecule has 0 aromatic carbocycles. The lowest BCUT2D eigenvalue weighted by molar-refractivity contribution is -0.124. The van der Waals surface area contributed by atoms with Gasteiger partial charge < -0.3 is 10.6 Å². The standard InChI is InChI=1S/C14H26N2O/c1-11(12-7-3-2-4-8-12)16-14(17)13-9-5-6-10-15-13/h11-13,15H,2-10H2,1H3,(H,16,17). The lowest BCUT2D eigenvalue weighted by Crippen LogP contribution is -2.50. The van der Waals surface area contributed by atoms with Gasteiger partial charge in [0.1, 0.15) is 0 Å². The van der Waals surface area contributed by atoms with Crippen molar-refractivity contribution in [2.75, 3.05) is 6.54 Å². The van der Waals surface area contributed by atoms with Gasteiger partial charge in [0.05, 0.1) is 6.04 Å². The van der Waals surface area contributed by atoms with Crippen molar-refractivity contribution in [1.29, 1.82) is 0 Å². The summed E-state index contributed by atoms with van der Waals surface area (Å²) >= 11 is 0. The van der Waals surface area contributed by atoms with Crippen LogP contribution < -0.4 is 10.6 Å². The van der Waals surface area contributed by atoms with Crippen LogP contribution in [0.2, 0.25) is 0 Å². The molecule has 0 aromatic heterocycles. The largest absolute Gasteiger partial charge is 0.352 e. The summed E-state index contributed by atoms with van der Waals surface area (Å²) in [6.07, 6.45) is 10.0. The van der Waals surface area contributed by atoms with Crippen molar-refractivity contribution >= 4 is 5.91 Å². The summed E-state index contributed by atoms with van der Waals surface area (Å²) in [5.41, 5.74) is 0. The van der Waals surface area contributed by atoms with E-state index in [1.807, 2.05) is 0 Å². The molecule has 1 aliphatic carbocycles. The van der Waals surface area contributed by atoms with Crippen LogP contribution in [-0.2, 0) is 4.79 Å². The van der Waals surface area contributed by atoms with Crippen LogP contribution in [0, 0.1) is 5.92 Å². The highest BCUT2D eigenvalue weighted by atomic mass is 16.2. The molecule has 1 saturated carbocycles. The van der Waals surface area contributed by atoms with E-state index >= 15 is 0 Å². The first-order valence-corrected chi connectivity index (χ1v) is 7.31. The van der Waals surface area contributed by atoms with E-state index in [4.69, 9.17) is 0 Å². The maximum Gasteiger partial charge on any atom is 0.237 e. The van der Waals surface area contributed by atoms with Crippen LogP contribution in [0.1, 0.15) is 58.3 Å². The van der Waals surface area contributed by atoms with Crippen LogP contribution in [0.3, 0.4) is 0 Å². The summed E-state index contributed by atoms with van der Waals surface area (Å²) in [5.74, 6) is 0.930. The third kappa shape index (κ3) is 3.70. The highest BCUT2D eigenvalue weighted by molar-refractivity contribution is 5.82. The highest BCUT2D eigenvalue weighted by Crippen LogP contribution is 2.26. The van der Waals surface area contributed by atoms with Crippen molar-refractivity contribution in [1.82, 2.24) is 10.6 Å². The Morgan fingerprint density at radius 2 is 1.82 bits per heavy atom. The third-order valence-electron chi connectivity index (χ3n) is 4.35. The zero-order chi connectivity index (χ0) is 12.1. The summed E-state index contributed by atoms with van der Waals surface area (Å²) in [7, 11) is 0. The van der Waals surface area contributed by atoms with E-state index in [1.165, 1.54) is 44.9 Å². The number of rotatable bonds is 3. The fourth-order valence-corrected chi connectivity index (χ4v) is 3.15. The zero-order valence-electron chi connectivity index (χ0n) is 11.0. The van der Waals surface area contributed by atoms with E-state index in [-0.39, 0.29) is 11.9 Å². The molecule has 1 heterocycles. The highest BCUT2D eigenvalue weighted by Gasteiger charge is 2.25. The van der Waals surface area contributed by atoms with E-state index in [0.29, 0.717) is 12.0 Å². The number of nitrogens with one attached hydrogen (secondary N) is 2. The van der Waals surface area contributed by atoms with Gasteiger partial charge in [0.2, 0.25) is 5.91 Å². The first kappa shape index (κ1) is 12.9. The lowest BCUT2D eigenvalue weighted by Gasteiger charge is -2.30. The summed E-state index contributed by atoms with van der Waals surface area (Å²) in [6.45, 7) is 3.17. The molecule has 1 amide bonds. The number of hydrogen-bond acceptors (Lipinski definition) is 2. The van der Waals surface area contributed by atoms with Crippen molar-refractivity contribution in [2.45, 2.75) is 70.4 Å². The molecule has 1 aliphatic heterocycles. The van der Waals surface area contributed by atoms with Gasteiger partial charge in [-0.15, -0.1) is 0 Å². The Hall–Kier alpha value is -0.570. The molecule has 0 radical (unpaired) electrons. The molecule has 17 heavy (non-hydrogen) atoms. The second kappa shape index (κ2) is 6.39. The molecule has 3 nitrogen and oxygen atoms in total. The summed E-state index contributed by atoms with van der Waals surface area (Å²) < 4.78 is 0. The van der Waals surface area contributed by atoms with Crippen LogP contribution in [0.4, 0.5) is 0 Å². The van der Waals surface area contributed by atoms with Crippen LogP contribution in [0.15, 0.2) is 0 Å². The molecule has 2 N–H and O–H groups in total. The first-order chi connectivity index (χ1) is 8.27. The summed E-state index contributed by atoms with van der Waals surface area (Å²) in [6, 6.07) is 0.418. The Labute approximate surface area is 105 Å². The summed E-state index contributed by atoms with van der Waals surface area (Å²) in [4.78, 5) is 12.1. The van der Waals surface area contributed by atoms with Crippen molar-refractivity contribution in [2.24, 2.45) is 5.92 Å². The van der Waals surface area contributed by atoms with E-state index in [2.05, 4.69) is 17.6 Å². The lowest BCUT2D eigenvalue weighted by atomic mass is 9.84. The van der Waals surface area contributed by atoms with Gasteiger partial charge in [0, 0.05) is 6.04 Å². The Bertz CT molecular complexity index is 243. The van der Waals surface area contributed by atoms with E-state index in [0.717, 1.165) is 13.0 Å². The minimum absolute atomic E-state index is 0.0646. The van der Waals surface area contributed by atoms with Gasteiger partial charge in [0.15, 0.2) is 0 Å². The maximum atomic E-state index is 12.1. The van der Waals surface area contributed by atoms with Gasteiger partial charge in [-0.3, -0.25) is 4.79 Å². The fraction of sp³-hybridized carbons (Fsp3) is 0.929. The average Bonchev–Trinajstić information content (AvgIpc) is 2.40.